The number of fused-ring (bicyclic) bond motifs is 10. The molecule has 0 bridgehead atoms. The van der Waals surface area contributed by atoms with Gasteiger partial charge in [0, 0.05) is 0 Å². The van der Waals surface area contributed by atoms with Gasteiger partial charge >= 0.3 is 350 Å². The van der Waals surface area contributed by atoms with E-state index in [-0.39, 0.29) is 8.11 Å². The maximum atomic E-state index is 6.54. The van der Waals surface area contributed by atoms with Crippen molar-refractivity contribution in [1.29, 1.82) is 0 Å². The van der Waals surface area contributed by atoms with Gasteiger partial charge in [-0.25, -0.2) is 0 Å². The van der Waals surface area contributed by atoms with Gasteiger partial charge in [-0.05, 0) is 0 Å². The molecular weight excluding hydrogens is 862 g/mol. The van der Waals surface area contributed by atoms with E-state index in [1.165, 1.54) is 0 Å². The molecular formula is C46H52FeO12P2. The van der Waals surface area contributed by atoms with Crippen LogP contribution in [0.5, 0.6) is 69.0 Å². The molecule has 4 unspecified atom stereocenters. The molecule has 0 aliphatic carbocycles. The van der Waals surface area contributed by atoms with Gasteiger partial charge in [0.15, 0.2) is 0 Å². The monoisotopic (exact) mass is 914 g/mol. The predicted molar refractivity (Wildman–Crippen MR) is 232 cm³/mol. The Morgan fingerprint density at radius 2 is 0.541 bits per heavy atom. The molecule has 10 heterocycles. The summed E-state index contributed by atoms with van der Waals surface area (Å²) in [5.74, 6) is 7.77. The molecule has 0 aromatic heterocycles. The number of hydrogen-bond donors (Lipinski definition) is 0. The second-order valence-electron chi connectivity index (χ2n) is 19.8. The molecule has 10 aliphatic rings. The Labute approximate surface area is 348 Å². The number of methoxy groups -OCH3 is 12. The number of hydrogen-bond acceptors (Lipinski definition) is 12. The maximum absolute atomic E-state index is 6.54. The molecule has 326 valence electrons. The van der Waals surface area contributed by atoms with Crippen molar-refractivity contribution in [3.63, 3.8) is 0 Å². The van der Waals surface area contributed by atoms with Gasteiger partial charge in [-0.2, -0.15) is 0 Å². The molecule has 12 nitrogen and oxygen atoms in total. The number of rotatable bonds is 18. The van der Waals surface area contributed by atoms with Gasteiger partial charge in [0.05, 0.1) is 0 Å². The summed E-state index contributed by atoms with van der Waals surface area (Å²) in [5, 5.41) is 4.62. The Morgan fingerprint density at radius 3 is 0.705 bits per heavy atom. The van der Waals surface area contributed by atoms with Gasteiger partial charge in [-0.3, -0.25) is 0 Å². The zero-order valence-electron chi connectivity index (χ0n) is 36.4. The van der Waals surface area contributed by atoms with Gasteiger partial charge in [0.25, 0.3) is 0 Å². The molecule has 4 aromatic rings. The predicted octanol–water partition coefficient (Wildman–Crippen LogP) is 7.56. The van der Waals surface area contributed by atoms with E-state index in [0.717, 1.165) is 59.7 Å². The number of ether oxygens (including phenoxy) is 12. The van der Waals surface area contributed by atoms with Gasteiger partial charge in [-0.1, -0.05) is 0 Å². The summed E-state index contributed by atoms with van der Waals surface area (Å²) < 4.78 is 74.8. The quantitative estimate of drug-likeness (QED) is 0.0726. The Morgan fingerprint density at radius 1 is 0.311 bits per heavy atom. The van der Waals surface area contributed by atoms with Crippen LogP contribution in [0.25, 0.3) is 0 Å². The Bertz CT molecular complexity index is 2750. The van der Waals surface area contributed by atoms with Crippen LogP contribution < -0.4 is 78.1 Å². The van der Waals surface area contributed by atoms with Gasteiger partial charge < -0.3 is 0 Å². The van der Waals surface area contributed by atoms with Crippen molar-refractivity contribution in [1.82, 2.24) is 0 Å². The molecule has 15 heteroatoms. The minimum absolute atomic E-state index is 0.0310. The molecule has 1 spiro atoms. The fourth-order valence-electron chi connectivity index (χ4n) is 23.6. The van der Waals surface area contributed by atoms with E-state index >= 15 is 0 Å². The first-order valence-corrected chi connectivity index (χ1v) is 29.4. The van der Waals surface area contributed by atoms with Crippen molar-refractivity contribution in [2.24, 2.45) is 0 Å². The van der Waals surface area contributed by atoms with Crippen LogP contribution in [0.1, 0.15) is 0 Å². The van der Waals surface area contributed by atoms with Crippen molar-refractivity contribution in [2.75, 3.05) is 85.3 Å². The van der Waals surface area contributed by atoms with E-state index < -0.39 is 22.4 Å². The zero-order chi connectivity index (χ0) is 42.5. The molecule has 0 radical (unpaired) electrons. The Kier molecular flexibility index (Phi) is 4.40. The summed E-state index contributed by atoms with van der Waals surface area (Å²) >= 11 is 0. The third-order valence-electron chi connectivity index (χ3n) is 23.1. The number of benzene rings is 4. The van der Waals surface area contributed by atoms with Crippen LogP contribution in [0.15, 0.2) is 48.5 Å². The van der Waals surface area contributed by atoms with Crippen LogP contribution in [0.4, 0.5) is 0 Å². The van der Waals surface area contributed by atoms with Crippen LogP contribution in [0.2, 0.25) is 38.5 Å². The molecule has 4 atom stereocenters. The first kappa shape index (κ1) is 36.4. The average Bonchev–Trinajstić information content (AvgIpc) is 4.26. The summed E-state index contributed by atoms with van der Waals surface area (Å²) in [6.07, 6.45) is 0. The third-order valence-corrected chi connectivity index (χ3v) is 80.0. The van der Waals surface area contributed by atoms with Crippen LogP contribution >= 0.6 is 15.8 Å². The van der Waals surface area contributed by atoms with Crippen molar-refractivity contribution in [2.45, 2.75) is 46.6 Å². The van der Waals surface area contributed by atoms with Crippen LogP contribution in [0, 0.1) is 0 Å². The first-order chi connectivity index (χ1) is 29.5. The Hall–Kier alpha value is -4.14. The second-order valence-corrected chi connectivity index (χ2v) is 48.4. The topological polar surface area (TPSA) is 111 Å². The summed E-state index contributed by atoms with van der Waals surface area (Å²) in [6.45, 7) is -4.84. The molecule has 0 N–H and O–H groups in total. The molecule has 61 heavy (non-hydrogen) atoms. The average molecular weight is 915 g/mol. The fourth-order valence-corrected chi connectivity index (χ4v) is 129. The van der Waals surface area contributed by atoms with E-state index in [1.54, 1.807) is 85.3 Å². The van der Waals surface area contributed by atoms with E-state index in [9.17, 15) is 0 Å². The van der Waals surface area contributed by atoms with Crippen LogP contribution in [-0.4, -0.2) is 93.4 Å². The molecule has 10 fully saturated rings. The van der Waals surface area contributed by atoms with Crippen LogP contribution in [-0.2, 0) is 6.51 Å². The molecule has 14 rings (SSSR count). The second kappa shape index (κ2) is 7.39. The van der Waals surface area contributed by atoms with Crippen molar-refractivity contribution in [3.05, 3.63) is 48.5 Å². The summed E-state index contributed by atoms with van der Waals surface area (Å²) in [4.78, 5) is 6.61. The van der Waals surface area contributed by atoms with Gasteiger partial charge in [0.2, 0.25) is 0 Å². The standard InChI is InChI=1S/C41H47O12P2.C5H5.Fe/c1-42-24-16-20-30(38(50-9)34(24)46-5)54(31-21-17-25(43-2)35(47-6)39(31)51-10)28-14-13-15-29(28)55(32-22-18-26(44-3)36(48-7)40(32)52-11)33-23-19-27(45-4)37(49-8)41(33)53-12;1-2-4-5-3-1;/h13-23H,1-12H3;1-5H;. The van der Waals surface area contributed by atoms with Crippen molar-refractivity contribution < 1.29 is 63.4 Å². The fraction of sp³-hybridized carbons (Fsp3) is 0.478. The van der Waals surface area contributed by atoms with Crippen LogP contribution in [0.3, 0.4) is 0 Å². The van der Waals surface area contributed by atoms with Gasteiger partial charge in [-0.15, -0.1) is 0 Å². The summed E-state index contributed by atoms with van der Waals surface area (Å²) in [6, 6.07) is 17.3. The normalized spacial score (nSPS) is 42.4. The molecule has 10 aliphatic heterocycles. The summed E-state index contributed by atoms with van der Waals surface area (Å²) in [7, 11) is 18.1. The molecule has 4 aromatic carbocycles. The Balaban J connectivity index is 1.14. The minimum atomic E-state index is -4.84. The van der Waals surface area contributed by atoms with E-state index in [2.05, 4.69) is 48.5 Å². The molecule has 0 saturated carbocycles. The first-order valence-electron chi connectivity index (χ1n) is 20.5. The zero-order valence-corrected chi connectivity index (χ0v) is 39.3. The third kappa shape index (κ3) is 1.38. The van der Waals surface area contributed by atoms with Gasteiger partial charge in [0.1, 0.15) is 0 Å². The molecule has 0 amide bonds. The van der Waals surface area contributed by atoms with E-state index in [4.69, 9.17) is 56.8 Å². The summed E-state index contributed by atoms with van der Waals surface area (Å²) in [5.41, 5.74) is 0. The van der Waals surface area contributed by atoms with Crippen molar-refractivity contribution in [3.8, 4) is 69.0 Å². The van der Waals surface area contributed by atoms with E-state index in [1.807, 2.05) is 0 Å². The molecule has 10 saturated heterocycles. The van der Waals surface area contributed by atoms with E-state index in [0.29, 0.717) is 69.0 Å². The van der Waals surface area contributed by atoms with Crippen molar-refractivity contribution >= 4 is 37.1 Å². The SMILES string of the molecule is COc1ccc(P(c2ccc(OC)c(OC)c2OC)[C]23[CH]4[CH]5[CH]6[C]2(P(c2ccc(OC)c(OC)c2OC)c2ccc(OC)c(OC)c2OC)[Fe]54632789[CH]3[CH]2[CH]7[CH]8[CH]39)c(OC)c1OC.